The molecule has 0 bridgehead atoms. The van der Waals surface area contributed by atoms with Crippen LogP contribution < -0.4 is 25.4 Å². The van der Waals surface area contributed by atoms with Crippen LogP contribution in [-0.2, 0) is 0 Å². The molecule has 2 aromatic heterocycles. The van der Waals surface area contributed by atoms with Crippen LogP contribution in [0, 0.1) is 18.6 Å². The zero-order valence-electron chi connectivity index (χ0n) is 17.0. The Labute approximate surface area is 181 Å². The van der Waals surface area contributed by atoms with E-state index in [9.17, 15) is 4.39 Å². The second-order valence-electron chi connectivity index (χ2n) is 7.58. The quantitative estimate of drug-likeness (QED) is 0.577. The Bertz CT molecular complexity index is 1240. The Balaban J connectivity index is 1.86. The molecule has 0 unspecified atom stereocenters. The number of nitrogen functional groups attached to an aromatic ring is 1. The third-order valence-corrected chi connectivity index (χ3v) is 6.23. The molecule has 2 aliphatic rings. The van der Waals surface area contributed by atoms with E-state index in [2.05, 4.69) is 20.3 Å². The van der Waals surface area contributed by atoms with Crippen LogP contribution >= 0.6 is 11.6 Å². The van der Waals surface area contributed by atoms with Crippen LogP contribution in [0.2, 0.25) is 5.02 Å². The van der Waals surface area contributed by atoms with E-state index in [1.807, 2.05) is 11.8 Å². The Kier molecular flexibility index (Phi) is 4.52. The van der Waals surface area contributed by atoms with Crippen LogP contribution in [0.25, 0.3) is 22.2 Å². The number of methoxy groups -OCH3 is 1. The number of ether oxygens (including phenoxy) is 2. The van der Waals surface area contributed by atoms with Gasteiger partial charge >= 0.3 is 6.01 Å². The van der Waals surface area contributed by atoms with Crippen molar-refractivity contribution in [1.29, 1.82) is 0 Å². The molecule has 2 aliphatic heterocycles. The van der Waals surface area contributed by atoms with Crippen molar-refractivity contribution in [1.82, 2.24) is 20.3 Å². The van der Waals surface area contributed by atoms with Crippen molar-refractivity contribution in [2.45, 2.75) is 26.0 Å². The number of hydrogen-bond acceptors (Lipinski definition) is 8. The first kappa shape index (κ1) is 20.0. The van der Waals surface area contributed by atoms with Crippen molar-refractivity contribution in [3.8, 4) is 23.1 Å². The molecule has 1 aromatic carbocycles. The summed E-state index contributed by atoms with van der Waals surface area (Å²) in [5.74, 6) is -0.773. The maximum atomic E-state index is 15.8. The van der Waals surface area contributed by atoms with Gasteiger partial charge < -0.3 is 20.1 Å². The van der Waals surface area contributed by atoms with Gasteiger partial charge in [0.05, 0.1) is 30.5 Å². The second kappa shape index (κ2) is 7.03. The van der Waals surface area contributed by atoms with Gasteiger partial charge in [-0.15, -0.1) is 0 Å². The highest BCUT2D eigenvalue weighted by molar-refractivity contribution is 6.34. The molecule has 2 atom stereocenters. The molecular weight excluding hydrogens is 430 g/mol. The lowest BCUT2D eigenvalue weighted by atomic mass is 10.0. The third kappa shape index (κ3) is 2.85. The third-order valence-electron chi connectivity index (χ3n) is 5.75. The van der Waals surface area contributed by atoms with E-state index >= 15 is 4.39 Å². The fraction of sp³-hybridized carbons (Fsp3) is 0.350. The van der Waals surface area contributed by atoms with Gasteiger partial charge in [-0.05, 0) is 19.9 Å². The molecule has 162 valence electrons. The van der Waals surface area contributed by atoms with Crippen molar-refractivity contribution in [2.24, 2.45) is 0 Å². The minimum atomic E-state index is -0.755. The number of hydrogen-bond donors (Lipinski definition) is 2. The van der Waals surface area contributed by atoms with Crippen LogP contribution in [-0.4, -0.2) is 47.4 Å². The van der Waals surface area contributed by atoms with E-state index in [1.54, 1.807) is 0 Å². The Hall–Kier alpha value is -2.98. The van der Waals surface area contributed by atoms with Crippen LogP contribution in [0.3, 0.4) is 0 Å². The maximum absolute atomic E-state index is 15.8. The number of nitrogens with one attached hydrogen (secondary N) is 1. The average Bonchev–Trinajstić information content (AvgIpc) is 3.22. The molecule has 5 rings (SSSR count). The first-order valence-electron chi connectivity index (χ1n) is 9.65. The van der Waals surface area contributed by atoms with Gasteiger partial charge in [0, 0.05) is 17.7 Å². The molecule has 1 fully saturated rings. The van der Waals surface area contributed by atoms with Gasteiger partial charge in [-0.1, -0.05) is 11.6 Å². The number of pyridine rings is 1. The minimum absolute atomic E-state index is 0.00519. The SMILES string of the molecule is COc1nc2c3c(nc(-c4cc(N)c(F)c(C)c4Cl)c(F)c3n1)O[C@@H](C)[C@@H]1CNCN21. The molecule has 1 saturated heterocycles. The summed E-state index contributed by atoms with van der Waals surface area (Å²) in [5, 5.41) is 3.62. The number of nitrogens with zero attached hydrogens (tertiary/aromatic N) is 4. The highest BCUT2D eigenvalue weighted by Gasteiger charge is 2.38. The van der Waals surface area contributed by atoms with E-state index in [-0.39, 0.29) is 57.1 Å². The lowest BCUT2D eigenvalue weighted by molar-refractivity contribution is 0.193. The summed E-state index contributed by atoms with van der Waals surface area (Å²) in [6.45, 7) is 4.55. The zero-order valence-corrected chi connectivity index (χ0v) is 17.7. The summed E-state index contributed by atoms with van der Waals surface area (Å²) in [6.07, 6.45) is -0.278. The molecule has 8 nitrogen and oxygen atoms in total. The summed E-state index contributed by atoms with van der Waals surface area (Å²) < 4.78 is 41.4. The molecule has 4 heterocycles. The number of nitrogens with two attached hydrogens (primary N) is 1. The smallest absolute Gasteiger partial charge is 0.318 e. The van der Waals surface area contributed by atoms with Crippen molar-refractivity contribution >= 4 is 34.0 Å². The predicted molar refractivity (Wildman–Crippen MR) is 113 cm³/mol. The maximum Gasteiger partial charge on any atom is 0.318 e. The number of benzene rings is 1. The van der Waals surface area contributed by atoms with Gasteiger partial charge in [-0.3, -0.25) is 5.32 Å². The fourth-order valence-electron chi connectivity index (χ4n) is 4.10. The fourth-order valence-corrected chi connectivity index (χ4v) is 4.33. The highest BCUT2D eigenvalue weighted by atomic mass is 35.5. The molecule has 0 saturated carbocycles. The largest absolute Gasteiger partial charge is 0.472 e. The number of aromatic nitrogens is 3. The summed E-state index contributed by atoms with van der Waals surface area (Å²) in [7, 11) is 1.41. The standard InChI is InChI=1S/C20H19ClF2N6O2/c1-7-13(21)9(4-10(24)14(7)22)16-15(23)17-12-18(28-20(27-17)30-3)29-6-25-5-11(29)8(2)31-19(12)26-16/h4,8,11,25H,5-6,24H2,1-3H3/t8-,11-/m0/s1. The Morgan fingerprint density at radius 2 is 2.06 bits per heavy atom. The van der Waals surface area contributed by atoms with Crippen LogP contribution in [0.4, 0.5) is 20.3 Å². The Morgan fingerprint density at radius 3 is 2.81 bits per heavy atom. The average molecular weight is 449 g/mol. The topological polar surface area (TPSA) is 98.4 Å². The first-order chi connectivity index (χ1) is 14.8. The lowest BCUT2D eigenvalue weighted by Gasteiger charge is -2.26. The minimum Gasteiger partial charge on any atom is -0.472 e. The normalized spacial score (nSPS) is 19.9. The van der Waals surface area contributed by atoms with E-state index in [0.717, 1.165) is 0 Å². The molecular formula is C20H19ClF2N6O2. The molecule has 0 amide bonds. The summed E-state index contributed by atoms with van der Waals surface area (Å²) >= 11 is 6.35. The number of halogens is 3. The molecule has 3 aromatic rings. The van der Waals surface area contributed by atoms with Gasteiger partial charge in [-0.25, -0.2) is 13.8 Å². The Morgan fingerprint density at radius 1 is 1.29 bits per heavy atom. The van der Waals surface area contributed by atoms with Crippen molar-refractivity contribution in [3.05, 3.63) is 28.3 Å². The monoisotopic (exact) mass is 448 g/mol. The molecule has 3 N–H and O–H groups in total. The second-order valence-corrected chi connectivity index (χ2v) is 7.95. The number of rotatable bonds is 2. The van der Waals surface area contributed by atoms with Gasteiger partial charge in [0.15, 0.2) is 17.5 Å². The van der Waals surface area contributed by atoms with E-state index < -0.39 is 11.6 Å². The van der Waals surface area contributed by atoms with Crippen molar-refractivity contribution in [3.63, 3.8) is 0 Å². The molecule has 11 heteroatoms. The molecule has 0 radical (unpaired) electrons. The molecule has 0 aliphatic carbocycles. The first-order valence-corrected chi connectivity index (χ1v) is 10.0. The van der Waals surface area contributed by atoms with Gasteiger partial charge in [0.1, 0.15) is 22.7 Å². The highest BCUT2D eigenvalue weighted by Crippen LogP contribution is 2.43. The van der Waals surface area contributed by atoms with Crippen LogP contribution in [0.15, 0.2) is 6.07 Å². The van der Waals surface area contributed by atoms with Gasteiger partial charge in [0.2, 0.25) is 5.88 Å². The van der Waals surface area contributed by atoms with E-state index in [1.165, 1.54) is 20.1 Å². The summed E-state index contributed by atoms with van der Waals surface area (Å²) in [6, 6.07) is 1.22. The van der Waals surface area contributed by atoms with Gasteiger partial charge in [-0.2, -0.15) is 9.97 Å². The lowest BCUT2D eigenvalue weighted by Crippen LogP contribution is -2.41. The van der Waals surface area contributed by atoms with Crippen LogP contribution in [0.1, 0.15) is 12.5 Å². The van der Waals surface area contributed by atoms with E-state index in [0.29, 0.717) is 24.4 Å². The van der Waals surface area contributed by atoms with E-state index in [4.69, 9.17) is 26.8 Å². The molecule has 31 heavy (non-hydrogen) atoms. The van der Waals surface area contributed by atoms with Crippen molar-refractivity contribution < 1.29 is 18.3 Å². The molecule has 0 spiro atoms. The number of fused-ring (bicyclic) bond motifs is 2. The van der Waals surface area contributed by atoms with Crippen LogP contribution in [0.5, 0.6) is 11.9 Å². The predicted octanol–water partition coefficient (Wildman–Crippen LogP) is 3.04. The summed E-state index contributed by atoms with van der Waals surface area (Å²) in [5.41, 5.74) is 5.70. The van der Waals surface area contributed by atoms with Crippen molar-refractivity contribution in [2.75, 3.05) is 31.0 Å². The van der Waals surface area contributed by atoms with Gasteiger partial charge in [0.25, 0.3) is 0 Å². The summed E-state index contributed by atoms with van der Waals surface area (Å²) in [4.78, 5) is 15.1. The zero-order chi connectivity index (χ0) is 22.0. The number of anilines is 2.